The number of aliphatic carboxylic acids is 1. The predicted molar refractivity (Wildman–Crippen MR) is 78.6 cm³/mol. The second-order valence-electron chi connectivity index (χ2n) is 4.66. The van der Waals surface area contributed by atoms with Gasteiger partial charge in [0.15, 0.2) is 0 Å². The van der Waals surface area contributed by atoms with Crippen molar-refractivity contribution in [3.8, 4) is 0 Å². The summed E-state index contributed by atoms with van der Waals surface area (Å²) in [5.41, 5.74) is 0.895. The molecule has 0 spiro atoms. The summed E-state index contributed by atoms with van der Waals surface area (Å²) in [6, 6.07) is 0. The molecule has 8 heteroatoms. The third-order valence-electron chi connectivity index (χ3n) is 3.02. The number of thiazole rings is 1. The smallest absolute Gasteiger partial charge is 0.307 e. The Bertz CT molecular complexity index is 537. The van der Waals surface area contributed by atoms with Gasteiger partial charge in [-0.05, 0) is 13.3 Å². The van der Waals surface area contributed by atoms with Gasteiger partial charge in [0.1, 0.15) is 0 Å². The van der Waals surface area contributed by atoms with Gasteiger partial charge in [-0.25, -0.2) is 0 Å². The Morgan fingerprint density at radius 2 is 2.24 bits per heavy atom. The van der Waals surface area contributed by atoms with E-state index in [1.54, 1.807) is 9.95 Å². The van der Waals surface area contributed by atoms with Crippen molar-refractivity contribution < 1.29 is 19.4 Å². The van der Waals surface area contributed by atoms with E-state index in [9.17, 15) is 14.4 Å². The predicted octanol–water partition coefficient (Wildman–Crippen LogP) is 0.604. The summed E-state index contributed by atoms with van der Waals surface area (Å²) in [7, 11) is 1.41. The lowest BCUT2D eigenvalue weighted by Crippen LogP contribution is -2.34. The van der Waals surface area contributed by atoms with Crippen LogP contribution in [0.4, 0.5) is 0 Å². The Hall–Kier alpha value is -1.67. The quantitative estimate of drug-likeness (QED) is 0.695. The maximum absolute atomic E-state index is 11.6. The molecule has 118 valence electrons. The van der Waals surface area contributed by atoms with Crippen LogP contribution in [0, 0.1) is 6.92 Å². The Kier molecular flexibility index (Phi) is 7.10. The van der Waals surface area contributed by atoms with Gasteiger partial charge in [-0.1, -0.05) is 11.3 Å². The first kappa shape index (κ1) is 17.4. The SMILES string of the molecule is COC(CNC(=O)CCCn1c(C)csc1=O)CC(=O)O. The Morgan fingerprint density at radius 3 is 2.76 bits per heavy atom. The van der Waals surface area contributed by atoms with Crippen LogP contribution in [0.2, 0.25) is 0 Å². The molecule has 1 heterocycles. The van der Waals surface area contributed by atoms with Crippen molar-refractivity contribution in [2.24, 2.45) is 0 Å². The molecule has 7 nitrogen and oxygen atoms in total. The first-order chi connectivity index (χ1) is 9.93. The first-order valence-corrected chi connectivity index (χ1v) is 7.48. The van der Waals surface area contributed by atoms with Gasteiger partial charge in [0.25, 0.3) is 0 Å². The molecular weight excluding hydrogens is 296 g/mol. The van der Waals surface area contributed by atoms with Crippen LogP contribution in [0.1, 0.15) is 25.0 Å². The molecule has 1 unspecified atom stereocenters. The first-order valence-electron chi connectivity index (χ1n) is 6.60. The fraction of sp³-hybridized carbons (Fsp3) is 0.615. The van der Waals surface area contributed by atoms with Gasteiger partial charge < -0.3 is 19.7 Å². The third kappa shape index (κ3) is 6.09. The van der Waals surface area contributed by atoms with E-state index in [4.69, 9.17) is 9.84 Å². The van der Waals surface area contributed by atoms with Crippen molar-refractivity contribution >= 4 is 23.2 Å². The zero-order chi connectivity index (χ0) is 15.8. The molecule has 0 fully saturated rings. The largest absolute Gasteiger partial charge is 0.481 e. The number of carbonyl (C=O) groups excluding carboxylic acids is 1. The van der Waals surface area contributed by atoms with E-state index < -0.39 is 12.1 Å². The van der Waals surface area contributed by atoms with Gasteiger partial charge in [-0.3, -0.25) is 14.4 Å². The van der Waals surface area contributed by atoms with E-state index in [-0.39, 0.29) is 30.2 Å². The molecule has 0 saturated heterocycles. The average molecular weight is 316 g/mol. The van der Waals surface area contributed by atoms with Gasteiger partial charge in [-0.2, -0.15) is 0 Å². The number of carbonyl (C=O) groups is 2. The summed E-state index contributed by atoms with van der Waals surface area (Å²) in [5.74, 6) is -1.15. The molecule has 0 saturated carbocycles. The lowest BCUT2D eigenvalue weighted by molar-refractivity contribution is -0.140. The molecule has 1 rings (SSSR count). The molecular formula is C13H20N2O5S. The molecule has 21 heavy (non-hydrogen) atoms. The summed E-state index contributed by atoms with van der Waals surface area (Å²) in [6.07, 6.45) is 0.152. The van der Waals surface area contributed by atoms with Crippen molar-refractivity contribution in [1.29, 1.82) is 0 Å². The lowest BCUT2D eigenvalue weighted by atomic mass is 10.2. The van der Waals surface area contributed by atoms with Crippen molar-refractivity contribution in [2.45, 2.75) is 38.8 Å². The summed E-state index contributed by atoms with van der Waals surface area (Å²) < 4.78 is 6.61. The van der Waals surface area contributed by atoms with Crippen LogP contribution in [-0.4, -0.2) is 41.3 Å². The molecule has 1 atom stereocenters. The number of hydrogen-bond acceptors (Lipinski definition) is 5. The van der Waals surface area contributed by atoms with E-state index in [2.05, 4.69) is 5.32 Å². The minimum Gasteiger partial charge on any atom is -0.481 e. The monoisotopic (exact) mass is 316 g/mol. The number of ether oxygens (including phenoxy) is 1. The number of nitrogens with zero attached hydrogens (tertiary/aromatic N) is 1. The van der Waals surface area contributed by atoms with Gasteiger partial charge >= 0.3 is 10.8 Å². The summed E-state index contributed by atoms with van der Waals surface area (Å²) in [4.78, 5) is 33.7. The van der Waals surface area contributed by atoms with Crippen molar-refractivity contribution in [3.05, 3.63) is 20.7 Å². The Labute approximate surface area is 126 Å². The van der Waals surface area contributed by atoms with E-state index in [0.717, 1.165) is 17.0 Å². The number of hydrogen-bond donors (Lipinski definition) is 2. The molecule has 2 N–H and O–H groups in total. The number of aromatic nitrogens is 1. The van der Waals surface area contributed by atoms with Crippen LogP contribution in [-0.2, 0) is 20.9 Å². The molecule has 0 bridgehead atoms. The van der Waals surface area contributed by atoms with E-state index in [0.29, 0.717) is 13.0 Å². The van der Waals surface area contributed by atoms with Gasteiger partial charge in [0.2, 0.25) is 5.91 Å². The summed E-state index contributed by atoms with van der Waals surface area (Å²) in [5, 5.41) is 13.1. The van der Waals surface area contributed by atoms with Gasteiger partial charge in [-0.15, -0.1) is 0 Å². The number of amides is 1. The third-order valence-corrected chi connectivity index (χ3v) is 3.91. The number of nitrogens with one attached hydrogen (secondary N) is 1. The second-order valence-corrected chi connectivity index (χ2v) is 5.48. The minimum absolute atomic E-state index is 0.0196. The van der Waals surface area contributed by atoms with Crippen LogP contribution in [0.3, 0.4) is 0 Å². The summed E-state index contributed by atoms with van der Waals surface area (Å²) >= 11 is 1.15. The fourth-order valence-electron chi connectivity index (χ4n) is 1.82. The molecule has 1 aromatic rings. The molecule has 0 aliphatic rings. The van der Waals surface area contributed by atoms with Gasteiger partial charge in [0.05, 0.1) is 12.5 Å². The molecule has 0 radical (unpaired) electrons. The van der Waals surface area contributed by atoms with Crippen molar-refractivity contribution in [1.82, 2.24) is 9.88 Å². The van der Waals surface area contributed by atoms with Crippen LogP contribution in [0.15, 0.2) is 10.2 Å². The van der Waals surface area contributed by atoms with Crippen LogP contribution in [0.25, 0.3) is 0 Å². The molecule has 0 aliphatic heterocycles. The highest BCUT2D eigenvalue weighted by molar-refractivity contribution is 7.07. The summed E-state index contributed by atoms with van der Waals surface area (Å²) in [6.45, 7) is 2.52. The molecule has 1 amide bonds. The number of rotatable bonds is 9. The number of methoxy groups -OCH3 is 1. The zero-order valence-electron chi connectivity index (χ0n) is 12.1. The van der Waals surface area contributed by atoms with Crippen molar-refractivity contribution in [2.75, 3.05) is 13.7 Å². The van der Waals surface area contributed by atoms with Crippen molar-refractivity contribution in [3.63, 3.8) is 0 Å². The number of carboxylic acid groups (broad SMARTS) is 1. The van der Waals surface area contributed by atoms with E-state index >= 15 is 0 Å². The van der Waals surface area contributed by atoms with E-state index in [1.807, 2.05) is 6.92 Å². The topological polar surface area (TPSA) is 97.6 Å². The highest BCUT2D eigenvalue weighted by atomic mass is 32.1. The molecule has 0 aliphatic carbocycles. The van der Waals surface area contributed by atoms with Gasteiger partial charge in [0, 0.05) is 37.7 Å². The molecule has 1 aromatic heterocycles. The number of carboxylic acids is 1. The number of aryl methyl sites for hydroxylation is 1. The highest BCUT2D eigenvalue weighted by Crippen LogP contribution is 2.02. The highest BCUT2D eigenvalue weighted by Gasteiger charge is 2.13. The minimum atomic E-state index is -0.969. The Morgan fingerprint density at radius 1 is 1.52 bits per heavy atom. The maximum atomic E-state index is 11.6. The van der Waals surface area contributed by atoms with Crippen LogP contribution >= 0.6 is 11.3 Å². The standard InChI is InChI=1S/C13H20N2O5S/c1-9-8-21-13(19)15(9)5-3-4-11(16)14-7-10(20-2)6-12(17)18/h8,10H,3-7H2,1-2H3,(H,14,16)(H,17,18). The van der Waals surface area contributed by atoms with E-state index in [1.165, 1.54) is 7.11 Å². The Balaban J connectivity index is 2.28. The van der Waals surface area contributed by atoms with Crippen LogP contribution in [0.5, 0.6) is 0 Å². The lowest BCUT2D eigenvalue weighted by Gasteiger charge is -2.14. The normalized spacial score (nSPS) is 12.1. The average Bonchev–Trinajstić information content (AvgIpc) is 2.74. The molecule has 0 aromatic carbocycles. The fourth-order valence-corrected chi connectivity index (χ4v) is 2.58. The zero-order valence-corrected chi connectivity index (χ0v) is 12.9. The maximum Gasteiger partial charge on any atom is 0.307 e. The second kappa shape index (κ2) is 8.58. The van der Waals surface area contributed by atoms with Crippen LogP contribution < -0.4 is 10.2 Å².